The molecule has 0 unspecified atom stereocenters. The number of urea groups is 1. The number of nitrogens with zero attached hydrogens (tertiary/aromatic N) is 4. The van der Waals surface area contributed by atoms with E-state index >= 15 is 0 Å². The number of hydrogen-bond donors (Lipinski definition) is 1. The van der Waals surface area contributed by atoms with Crippen molar-refractivity contribution in [3.63, 3.8) is 0 Å². The van der Waals surface area contributed by atoms with Crippen molar-refractivity contribution in [2.24, 2.45) is 0 Å². The highest BCUT2D eigenvalue weighted by Gasteiger charge is 2.39. The monoisotopic (exact) mass is 543 g/mol. The summed E-state index contributed by atoms with van der Waals surface area (Å²) in [4.78, 5) is 34.0. The number of rotatable bonds is 4. The smallest absolute Gasteiger partial charge is 0.410 e. The van der Waals surface area contributed by atoms with Crippen LogP contribution in [0, 0.1) is 0 Å². The van der Waals surface area contributed by atoms with Crippen molar-refractivity contribution < 1.29 is 18.8 Å². The van der Waals surface area contributed by atoms with Gasteiger partial charge in [-0.25, -0.2) is 9.59 Å². The highest BCUT2D eigenvalue weighted by atomic mass is 35.5. The van der Waals surface area contributed by atoms with Crippen molar-refractivity contribution in [3.05, 3.63) is 40.5 Å². The number of carbonyl (C=O) groups excluding carboxylic acids is 2. The fraction of sp³-hybridized carbons (Fsp3) is 0.643. The third kappa shape index (κ3) is 5.92. The van der Waals surface area contributed by atoms with Crippen LogP contribution >= 0.6 is 11.6 Å². The minimum Gasteiger partial charge on any atom is -0.444 e. The van der Waals surface area contributed by atoms with Gasteiger partial charge in [-0.1, -0.05) is 35.8 Å². The third-order valence-electron chi connectivity index (χ3n) is 7.93. The maximum absolute atomic E-state index is 13.3. The average Bonchev–Trinajstić information content (AvgIpc) is 3.60. The van der Waals surface area contributed by atoms with Gasteiger partial charge in [0.1, 0.15) is 5.60 Å². The molecule has 2 saturated heterocycles. The number of ether oxygens (including phenoxy) is 1. The van der Waals surface area contributed by atoms with Crippen LogP contribution in [0.4, 0.5) is 15.3 Å². The van der Waals surface area contributed by atoms with Crippen LogP contribution in [0.5, 0.6) is 0 Å². The number of anilines is 1. The highest BCUT2D eigenvalue weighted by molar-refractivity contribution is 6.33. The Morgan fingerprint density at radius 2 is 1.74 bits per heavy atom. The van der Waals surface area contributed by atoms with Crippen molar-refractivity contribution in [2.75, 3.05) is 31.5 Å². The van der Waals surface area contributed by atoms with Crippen molar-refractivity contribution in [2.45, 2.75) is 89.1 Å². The van der Waals surface area contributed by atoms with Gasteiger partial charge in [0.2, 0.25) is 5.89 Å². The molecule has 0 bridgehead atoms. The molecule has 3 fully saturated rings. The van der Waals surface area contributed by atoms with Crippen molar-refractivity contribution in [1.29, 1.82) is 0 Å². The number of para-hydroxylation sites is 1. The molecular weight excluding hydrogens is 506 g/mol. The van der Waals surface area contributed by atoms with Gasteiger partial charge in [-0.15, -0.1) is 0 Å². The number of piperidine rings is 2. The number of nitrogens with one attached hydrogen (secondary N) is 1. The molecule has 2 aliphatic heterocycles. The standard InChI is InChI=1S/C28H38ClN5O4/c1-27(2,3)37-26(36)34-14-10-18(11-15-34)20-6-5-7-21(29)22(20)30-25(35)33-16-12-28(4,13-17-33)24-31-23(38-32-24)19-8-9-19/h5-7,18-19H,8-17H2,1-4H3,(H,30,35). The van der Waals surface area contributed by atoms with E-state index in [0.717, 1.165) is 55.8 Å². The first-order valence-corrected chi connectivity index (χ1v) is 14.1. The van der Waals surface area contributed by atoms with E-state index in [9.17, 15) is 9.59 Å². The normalized spacial score (nSPS) is 20.3. The van der Waals surface area contributed by atoms with Gasteiger partial charge in [-0.05, 0) is 76.8 Å². The zero-order chi connectivity index (χ0) is 27.1. The molecule has 5 rings (SSSR count). The van der Waals surface area contributed by atoms with Gasteiger partial charge in [-0.3, -0.25) is 0 Å². The number of likely N-dealkylation sites (tertiary alicyclic amines) is 2. The molecule has 3 amide bonds. The van der Waals surface area contributed by atoms with Crippen LogP contribution in [0.3, 0.4) is 0 Å². The molecule has 0 spiro atoms. The Morgan fingerprint density at radius 1 is 1.05 bits per heavy atom. The third-order valence-corrected chi connectivity index (χ3v) is 8.24. The number of amides is 3. The molecule has 1 aromatic heterocycles. The molecule has 1 N–H and O–H groups in total. The van der Waals surface area contributed by atoms with E-state index in [0.29, 0.717) is 42.8 Å². The van der Waals surface area contributed by atoms with E-state index in [1.807, 2.05) is 37.8 Å². The summed E-state index contributed by atoms with van der Waals surface area (Å²) < 4.78 is 11.0. The van der Waals surface area contributed by atoms with E-state index < -0.39 is 5.60 Å². The van der Waals surface area contributed by atoms with Crippen molar-refractivity contribution in [3.8, 4) is 0 Å². The Labute approximate surface area is 229 Å². The fourth-order valence-corrected chi connectivity index (χ4v) is 5.53. The number of aromatic nitrogens is 2. The molecule has 10 heteroatoms. The average molecular weight is 544 g/mol. The second-order valence-corrected chi connectivity index (χ2v) is 12.6. The van der Waals surface area contributed by atoms with Crippen LogP contribution in [0.1, 0.15) is 95.3 Å². The van der Waals surface area contributed by atoms with E-state index in [1.54, 1.807) is 11.0 Å². The van der Waals surface area contributed by atoms with E-state index in [4.69, 9.17) is 20.9 Å². The maximum Gasteiger partial charge on any atom is 0.410 e. The summed E-state index contributed by atoms with van der Waals surface area (Å²) in [7, 11) is 0. The molecule has 9 nitrogen and oxygen atoms in total. The van der Waals surface area contributed by atoms with Crippen LogP contribution in [0.15, 0.2) is 22.7 Å². The summed E-state index contributed by atoms with van der Waals surface area (Å²) in [6, 6.07) is 5.59. The second-order valence-electron chi connectivity index (χ2n) is 12.2. The number of carbonyl (C=O) groups is 2. The molecule has 1 aromatic carbocycles. The summed E-state index contributed by atoms with van der Waals surface area (Å²) in [5.41, 5.74) is 0.951. The van der Waals surface area contributed by atoms with Gasteiger partial charge in [0, 0.05) is 37.5 Å². The number of benzene rings is 1. The minimum atomic E-state index is -0.519. The predicted octanol–water partition coefficient (Wildman–Crippen LogP) is 6.30. The Hall–Kier alpha value is -2.81. The van der Waals surface area contributed by atoms with Gasteiger partial charge >= 0.3 is 12.1 Å². The summed E-state index contributed by atoms with van der Waals surface area (Å²) in [5, 5.41) is 7.89. The van der Waals surface area contributed by atoms with Crippen LogP contribution in [-0.2, 0) is 10.2 Å². The molecule has 206 valence electrons. The highest BCUT2D eigenvalue weighted by Crippen LogP contribution is 2.41. The Balaban J connectivity index is 1.20. The first-order valence-electron chi connectivity index (χ1n) is 13.7. The first kappa shape index (κ1) is 26.8. The quantitative estimate of drug-likeness (QED) is 0.485. The van der Waals surface area contributed by atoms with Gasteiger partial charge in [0.05, 0.1) is 10.7 Å². The van der Waals surface area contributed by atoms with E-state index in [-0.39, 0.29) is 23.5 Å². The van der Waals surface area contributed by atoms with Gasteiger partial charge < -0.3 is 24.4 Å². The lowest BCUT2D eigenvalue weighted by Crippen LogP contribution is -2.46. The molecule has 3 heterocycles. The zero-order valence-corrected chi connectivity index (χ0v) is 23.5. The lowest BCUT2D eigenvalue weighted by molar-refractivity contribution is 0.0205. The van der Waals surface area contributed by atoms with Crippen LogP contribution in [0.2, 0.25) is 5.02 Å². The fourth-order valence-electron chi connectivity index (χ4n) is 5.30. The summed E-state index contributed by atoms with van der Waals surface area (Å²) in [6.45, 7) is 10.2. The summed E-state index contributed by atoms with van der Waals surface area (Å²) in [5.74, 6) is 2.13. The molecule has 38 heavy (non-hydrogen) atoms. The largest absolute Gasteiger partial charge is 0.444 e. The number of halogens is 1. The SMILES string of the molecule is CC(C)(C)OC(=O)N1CCC(c2cccc(Cl)c2NC(=O)N2CCC(C)(c3noc(C4CC4)n3)CC2)CC1. The minimum absolute atomic E-state index is 0.153. The Bertz CT molecular complexity index is 1170. The van der Waals surface area contributed by atoms with E-state index in [1.165, 1.54) is 0 Å². The summed E-state index contributed by atoms with van der Waals surface area (Å²) >= 11 is 6.60. The van der Waals surface area contributed by atoms with E-state index in [2.05, 4.69) is 22.4 Å². The first-order chi connectivity index (χ1) is 18.0. The van der Waals surface area contributed by atoms with Crippen molar-refractivity contribution in [1.82, 2.24) is 19.9 Å². The van der Waals surface area contributed by atoms with Gasteiger partial charge in [-0.2, -0.15) is 4.98 Å². The van der Waals surface area contributed by atoms with Crippen LogP contribution in [-0.4, -0.2) is 63.8 Å². The zero-order valence-electron chi connectivity index (χ0n) is 22.8. The lowest BCUT2D eigenvalue weighted by Gasteiger charge is -2.37. The lowest BCUT2D eigenvalue weighted by atomic mass is 9.80. The molecule has 0 radical (unpaired) electrons. The van der Waals surface area contributed by atoms with Crippen LogP contribution in [0.25, 0.3) is 0 Å². The Morgan fingerprint density at radius 3 is 2.37 bits per heavy atom. The topological polar surface area (TPSA) is 101 Å². The maximum atomic E-state index is 13.3. The molecule has 3 aliphatic rings. The van der Waals surface area contributed by atoms with Crippen LogP contribution < -0.4 is 5.32 Å². The van der Waals surface area contributed by atoms with Crippen molar-refractivity contribution >= 4 is 29.4 Å². The molecular formula is C28H38ClN5O4. The Kier molecular flexibility index (Phi) is 7.33. The molecule has 1 saturated carbocycles. The molecule has 0 atom stereocenters. The molecule has 1 aliphatic carbocycles. The predicted molar refractivity (Wildman–Crippen MR) is 145 cm³/mol. The summed E-state index contributed by atoms with van der Waals surface area (Å²) in [6.07, 6.45) is 5.05. The van der Waals surface area contributed by atoms with Gasteiger partial charge in [0.25, 0.3) is 0 Å². The van der Waals surface area contributed by atoms with Gasteiger partial charge in [0.15, 0.2) is 5.82 Å². The molecule has 2 aromatic rings. The second kappa shape index (κ2) is 10.4. The number of hydrogen-bond acceptors (Lipinski definition) is 6.